The number of rotatable bonds is 14. The second kappa shape index (κ2) is 15.2. The van der Waals surface area contributed by atoms with Crippen LogP contribution in [0.1, 0.15) is 85.0 Å². The molecule has 0 bridgehead atoms. The number of nitrogens with one attached hydrogen (secondary N) is 1. The molecule has 0 fully saturated rings. The summed E-state index contributed by atoms with van der Waals surface area (Å²) in [5.74, 6) is 2.34. The molecular formula is C23H39N5S. The van der Waals surface area contributed by atoms with Gasteiger partial charge in [-0.25, -0.2) is 0 Å². The quantitative estimate of drug-likeness (QED) is 0.283. The van der Waals surface area contributed by atoms with Gasteiger partial charge in [0.15, 0.2) is 5.82 Å². The number of aromatic nitrogens is 4. The highest BCUT2D eigenvalue weighted by Gasteiger charge is 2.09. The predicted molar refractivity (Wildman–Crippen MR) is 127 cm³/mol. The minimum Gasteiger partial charge on any atom is -0.321 e. The van der Waals surface area contributed by atoms with E-state index in [9.17, 15) is 0 Å². The van der Waals surface area contributed by atoms with E-state index in [1.165, 1.54) is 28.7 Å². The summed E-state index contributed by atoms with van der Waals surface area (Å²) in [6.07, 6.45) is 16.3. The van der Waals surface area contributed by atoms with Crippen molar-refractivity contribution in [1.29, 1.82) is 0 Å². The van der Waals surface area contributed by atoms with Crippen molar-refractivity contribution in [2.45, 2.75) is 79.2 Å². The predicted octanol–water partition coefficient (Wildman–Crippen LogP) is 6.08. The van der Waals surface area contributed by atoms with Gasteiger partial charge in [0.25, 0.3) is 0 Å². The summed E-state index contributed by atoms with van der Waals surface area (Å²) in [4.78, 5) is 0. The fourth-order valence-electron chi connectivity index (χ4n) is 2.78. The van der Waals surface area contributed by atoms with Gasteiger partial charge in [-0.15, -0.1) is 10.2 Å². The Morgan fingerprint density at radius 2 is 1.45 bits per heavy atom. The number of tetrazole rings is 1. The number of nitrogens with two attached hydrogens (primary N) is 1. The Kier molecular flexibility index (Phi) is 13.3. The lowest BCUT2D eigenvalue weighted by atomic mass is 10.0. The van der Waals surface area contributed by atoms with Crippen molar-refractivity contribution in [3.63, 3.8) is 0 Å². The third-order valence-electron chi connectivity index (χ3n) is 4.69. The Morgan fingerprint density at radius 1 is 0.897 bits per heavy atom. The summed E-state index contributed by atoms with van der Waals surface area (Å²) in [5, 5.41) is 13.8. The van der Waals surface area contributed by atoms with E-state index in [-0.39, 0.29) is 6.04 Å². The summed E-state index contributed by atoms with van der Waals surface area (Å²) in [6.45, 7) is 11.0. The minimum absolute atomic E-state index is 0.164. The summed E-state index contributed by atoms with van der Waals surface area (Å²) in [6, 6.07) is -0.164. The number of hydrogen-bond acceptors (Lipinski definition) is 5. The zero-order valence-corrected chi connectivity index (χ0v) is 19.7. The molecule has 0 amide bonds. The van der Waals surface area contributed by atoms with Gasteiger partial charge in [0.2, 0.25) is 0 Å². The van der Waals surface area contributed by atoms with Gasteiger partial charge in [0.05, 0.1) is 6.04 Å². The van der Waals surface area contributed by atoms with Gasteiger partial charge in [0.1, 0.15) is 0 Å². The average Bonchev–Trinajstić information content (AvgIpc) is 3.19. The largest absolute Gasteiger partial charge is 0.321 e. The van der Waals surface area contributed by atoms with Crippen molar-refractivity contribution < 1.29 is 0 Å². The van der Waals surface area contributed by atoms with Gasteiger partial charge < -0.3 is 5.73 Å². The monoisotopic (exact) mass is 417 g/mol. The number of thioether (sulfide) groups is 1. The number of aromatic amines is 1. The standard InChI is InChI=1S/C23H39N5S/c1-18(2)9-6-10-19(3)11-7-12-20(4)13-8-14-21(5)15-16-29-17-22(24)23-25-27-28-26-23/h9,11,13,15,22H,6-8,10,12,14,16-17,24H2,1-5H3,(H,25,26,27,28)/b19-11+,20-13+,21-15+. The van der Waals surface area contributed by atoms with E-state index in [4.69, 9.17) is 5.73 Å². The third kappa shape index (κ3) is 13.2. The fraction of sp³-hybridized carbons (Fsp3) is 0.609. The molecule has 3 N–H and O–H groups in total. The van der Waals surface area contributed by atoms with Crippen LogP contribution in [0.4, 0.5) is 0 Å². The van der Waals surface area contributed by atoms with E-state index in [2.05, 4.69) is 79.5 Å². The molecule has 0 aliphatic rings. The Hall–Kier alpha value is -1.66. The van der Waals surface area contributed by atoms with E-state index >= 15 is 0 Å². The summed E-state index contributed by atoms with van der Waals surface area (Å²) >= 11 is 1.80. The Labute approximate surface area is 181 Å². The summed E-state index contributed by atoms with van der Waals surface area (Å²) < 4.78 is 0. The van der Waals surface area contributed by atoms with E-state index < -0.39 is 0 Å². The smallest absolute Gasteiger partial charge is 0.192 e. The fourth-order valence-corrected chi connectivity index (χ4v) is 3.73. The second-order valence-corrected chi connectivity index (χ2v) is 9.04. The molecule has 0 radical (unpaired) electrons. The van der Waals surface area contributed by atoms with E-state index in [0.29, 0.717) is 5.82 Å². The topological polar surface area (TPSA) is 80.5 Å². The first-order valence-electron chi connectivity index (χ1n) is 10.6. The van der Waals surface area contributed by atoms with E-state index in [1.54, 1.807) is 11.8 Å². The molecule has 6 heteroatoms. The molecule has 0 spiro atoms. The SMILES string of the molecule is CC(C)=CCC/C(C)=C/CC/C(C)=C/CC/C(C)=C/CSCC(N)c1nn[nH]n1. The molecule has 0 aliphatic carbocycles. The minimum atomic E-state index is -0.164. The maximum Gasteiger partial charge on any atom is 0.192 e. The van der Waals surface area contributed by atoms with Crippen LogP contribution >= 0.6 is 11.8 Å². The molecular weight excluding hydrogens is 378 g/mol. The van der Waals surface area contributed by atoms with Gasteiger partial charge in [-0.1, -0.05) is 51.8 Å². The Bertz CT molecular complexity index is 682. The van der Waals surface area contributed by atoms with E-state index in [1.807, 2.05) is 0 Å². The first-order chi connectivity index (χ1) is 13.9. The average molecular weight is 418 g/mol. The number of allylic oxidation sites excluding steroid dienone is 7. The molecule has 1 unspecified atom stereocenters. The molecule has 1 heterocycles. The van der Waals surface area contributed by atoms with Gasteiger partial charge in [0, 0.05) is 11.5 Å². The molecule has 0 aromatic carbocycles. The van der Waals surface area contributed by atoms with Crippen LogP contribution in [0.3, 0.4) is 0 Å². The summed E-state index contributed by atoms with van der Waals surface area (Å²) in [7, 11) is 0. The van der Waals surface area contributed by atoms with Gasteiger partial charge in [-0.05, 0) is 73.1 Å². The van der Waals surface area contributed by atoms with Gasteiger partial charge in [-0.2, -0.15) is 17.0 Å². The third-order valence-corrected chi connectivity index (χ3v) is 5.69. The molecule has 5 nitrogen and oxygen atoms in total. The maximum absolute atomic E-state index is 6.02. The molecule has 0 aliphatic heterocycles. The highest BCUT2D eigenvalue weighted by molar-refractivity contribution is 7.99. The van der Waals surface area contributed by atoms with Crippen LogP contribution in [0.15, 0.2) is 46.6 Å². The molecule has 0 saturated carbocycles. The van der Waals surface area contributed by atoms with Crippen LogP contribution in [-0.4, -0.2) is 32.1 Å². The van der Waals surface area contributed by atoms with Crippen molar-refractivity contribution in [3.05, 3.63) is 52.4 Å². The molecule has 1 atom stereocenters. The van der Waals surface area contributed by atoms with Crippen LogP contribution in [-0.2, 0) is 0 Å². The molecule has 1 aromatic heterocycles. The van der Waals surface area contributed by atoms with Crippen molar-refractivity contribution in [3.8, 4) is 0 Å². The van der Waals surface area contributed by atoms with E-state index in [0.717, 1.165) is 43.6 Å². The zero-order chi connectivity index (χ0) is 21.5. The van der Waals surface area contributed by atoms with Crippen LogP contribution in [0.2, 0.25) is 0 Å². The van der Waals surface area contributed by atoms with Crippen molar-refractivity contribution >= 4 is 11.8 Å². The normalized spacial score (nSPS) is 14.2. The van der Waals surface area contributed by atoms with Gasteiger partial charge in [-0.3, -0.25) is 0 Å². The molecule has 0 saturated heterocycles. The highest BCUT2D eigenvalue weighted by Crippen LogP contribution is 2.15. The van der Waals surface area contributed by atoms with Crippen molar-refractivity contribution in [2.75, 3.05) is 11.5 Å². The number of nitrogens with zero attached hydrogens (tertiary/aromatic N) is 3. The lowest BCUT2D eigenvalue weighted by Crippen LogP contribution is -2.15. The highest BCUT2D eigenvalue weighted by atomic mass is 32.2. The molecule has 29 heavy (non-hydrogen) atoms. The number of hydrogen-bond donors (Lipinski definition) is 2. The lowest BCUT2D eigenvalue weighted by molar-refractivity contribution is 0.753. The van der Waals surface area contributed by atoms with Crippen molar-refractivity contribution in [2.24, 2.45) is 5.73 Å². The second-order valence-electron chi connectivity index (χ2n) is 7.96. The van der Waals surface area contributed by atoms with Crippen LogP contribution in [0.5, 0.6) is 0 Å². The molecule has 1 aromatic rings. The first kappa shape index (κ1) is 25.4. The maximum atomic E-state index is 6.02. The van der Waals surface area contributed by atoms with Crippen LogP contribution in [0.25, 0.3) is 0 Å². The Balaban J connectivity index is 2.17. The van der Waals surface area contributed by atoms with Gasteiger partial charge >= 0.3 is 0 Å². The van der Waals surface area contributed by atoms with Crippen LogP contribution in [0, 0.1) is 0 Å². The molecule has 1 rings (SSSR count). The Morgan fingerprint density at radius 3 is 1.97 bits per heavy atom. The lowest BCUT2D eigenvalue weighted by Gasteiger charge is -2.05. The zero-order valence-electron chi connectivity index (χ0n) is 18.9. The first-order valence-corrected chi connectivity index (χ1v) is 11.7. The summed E-state index contributed by atoms with van der Waals surface area (Å²) in [5.41, 5.74) is 11.9. The van der Waals surface area contributed by atoms with Crippen LogP contribution < -0.4 is 5.73 Å². The van der Waals surface area contributed by atoms with Crippen molar-refractivity contribution in [1.82, 2.24) is 20.6 Å². The molecule has 162 valence electrons. The number of H-pyrrole nitrogens is 1.